The van der Waals surface area contributed by atoms with Crippen molar-refractivity contribution in [2.24, 2.45) is 0 Å². The number of hydrogen-bond donors (Lipinski definition) is 1. The van der Waals surface area contributed by atoms with E-state index in [0.717, 1.165) is 30.9 Å². The molecule has 4 aliphatic rings. The summed E-state index contributed by atoms with van der Waals surface area (Å²) in [6, 6.07) is 1.93. The Balaban J connectivity index is 1.46. The smallest absolute Gasteiger partial charge is 0.256 e. The number of rotatable bonds is 3. The van der Waals surface area contributed by atoms with Crippen LogP contribution in [0.3, 0.4) is 0 Å². The van der Waals surface area contributed by atoms with Gasteiger partial charge in [0.2, 0.25) is 5.91 Å². The number of carbonyl (C=O) groups excluding carboxylic acids is 2. The molecule has 2 N–H and O–H groups in total. The SMILES string of the molecule is Nc1c(C(=O)N2CC3CCC2CN3C(=O)CC2=CCOCC2)ccc(F)c1F. The van der Waals surface area contributed by atoms with Crippen molar-refractivity contribution in [1.82, 2.24) is 9.80 Å². The van der Waals surface area contributed by atoms with E-state index in [0.29, 0.717) is 32.7 Å². The van der Waals surface area contributed by atoms with Crippen LogP contribution in [-0.4, -0.2) is 60.0 Å². The van der Waals surface area contributed by atoms with Crippen molar-refractivity contribution in [3.05, 3.63) is 41.0 Å². The van der Waals surface area contributed by atoms with Crippen molar-refractivity contribution < 1.29 is 23.1 Å². The summed E-state index contributed by atoms with van der Waals surface area (Å²) in [5.41, 5.74) is 6.23. The molecule has 4 aliphatic heterocycles. The van der Waals surface area contributed by atoms with Crippen molar-refractivity contribution in [3.63, 3.8) is 0 Å². The first-order valence-corrected chi connectivity index (χ1v) is 9.55. The van der Waals surface area contributed by atoms with Gasteiger partial charge in [0.15, 0.2) is 11.6 Å². The quantitative estimate of drug-likeness (QED) is 0.633. The van der Waals surface area contributed by atoms with Gasteiger partial charge in [-0.25, -0.2) is 8.78 Å². The maximum Gasteiger partial charge on any atom is 0.256 e. The van der Waals surface area contributed by atoms with Gasteiger partial charge in [-0.1, -0.05) is 11.6 Å². The first-order chi connectivity index (χ1) is 13.5. The second-order valence-electron chi connectivity index (χ2n) is 7.58. The van der Waals surface area contributed by atoms with E-state index in [-0.39, 0.29) is 23.6 Å². The third kappa shape index (κ3) is 3.37. The summed E-state index contributed by atoms with van der Waals surface area (Å²) in [6.45, 7) is 2.04. The molecule has 3 saturated heterocycles. The number of nitrogens with two attached hydrogens (primary N) is 1. The van der Waals surface area contributed by atoms with Crippen LogP contribution in [0.4, 0.5) is 14.5 Å². The number of nitrogen functional groups attached to an aromatic ring is 1. The molecule has 2 bridgehead atoms. The summed E-state index contributed by atoms with van der Waals surface area (Å²) in [5.74, 6) is -2.62. The Morgan fingerprint density at radius 1 is 1.14 bits per heavy atom. The highest BCUT2D eigenvalue weighted by Gasteiger charge is 2.43. The Hall–Kier alpha value is -2.48. The third-order valence-electron chi connectivity index (χ3n) is 5.91. The number of amides is 2. The van der Waals surface area contributed by atoms with Gasteiger partial charge in [-0.3, -0.25) is 9.59 Å². The number of ether oxygens (including phenoxy) is 1. The summed E-state index contributed by atoms with van der Waals surface area (Å²) in [6.07, 6.45) is 4.73. The number of piperazine rings is 1. The van der Waals surface area contributed by atoms with Crippen LogP contribution in [0.2, 0.25) is 0 Å². The van der Waals surface area contributed by atoms with Crippen molar-refractivity contribution in [3.8, 4) is 0 Å². The second kappa shape index (κ2) is 7.50. The number of nitrogens with zero attached hydrogens (tertiary/aromatic N) is 2. The fourth-order valence-electron chi connectivity index (χ4n) is 4.31. The van der Waals surface area contributed by atoms with Crippen LogP contribution >= 0.6 is 0 Å². The lowest BCUT2D eigenvalue weighted by atomic mass is 9.89. The van der Waals surface area contributed by atoms with Crippen molar-refractivity contribution in [2.45, 2.75) is 37.8 Å². The summed E-state index contributed by atoms with van der Waals surface area (Å²) >= 11 is 0. The van der Waals surface area contributed by atoms with Crippen molar-refractivity contribution in [2.75, 3.05) is 32.0 Å². The average Bonchev–Trinajstić information content (AvgIpc) is 2.72. The van der Waals surface area contributed by atoms with Gasteiger partial charge in [0.05, 0.1) is 24.5 Å². The minimum Gasteiger partial charge on any atom is -0.396 e. The van der Waals surface area contributed by atoms with Crippen LogP contribution in [0.25, 0.3) is 0 Å². The molecular weight excluding hydrogens is 368 g/mol. The number of piperidine rings is 2. The Labute approximate surface area is 161 Å². The molecular formula is C20H23F2N3O3. The van der Waals surface area contributed by atoms with Gasteiger partial charge in [0, 0.05) is 31.6 Å². The Morgan fingerprint density at radius 3 is 2.50 bits per heavy atom. The van der Waals surface area contributed by atoms with Gasteiger partial charge >= 0.3 is 0 Å². The maximum absolute atomic E-state index is 13.8. The van der Waals surface area contributed by atoms with Crippen LogP contribution in [0.15, 0.2) is 23.8 Å². The molecule has 8 heteroatoms. The van der Waals surface area contributed by atoms with E-state index >= 15 is 0 Å². The van der Waals surface area contributed by atoms with Crippen LogP contribution in [0.1, 0.15) is 36.0 Å². The highest BCUT2D eigenvalue weighted by Crippen LogP contribution is 2.32. The van der Waals surface area contributed by atoms with E-state index in [4.69, 9.17) is 10.5 Å². The summed E-state index contributed by atoms with van der Waals surface area (Å²) in [7, 11) is 0. The first kappa shape index (κ1) is 18.9. The topological polar surface area (TPSA) is 75.9 Å². The fourth-order valence-corrected chi connectivity index (χ4v) is 4.31. The predicted octanol–water partition coefficient (Wildman–Crippen LogP) is 2.10. The van der Waals surface area contributed by atoms with E-state index in [1.54, 1.807) is 4.90 Å². The second-order valence-corrected chi connectivity index (χ2v) is 7.58. The molecule has 6 nitrogen and oxygen atoms in total. The number of halogens is 2. The highest BCUT2D eigenvalue weighted by atomic mass is 19.2. The van der Waals surface area contributed by atoms with E-state index < -0.39 is 23.2 Å². The monoisotopic (exact) mass is 391 g/mol. The molecule has 0 aliphatic carbocycles. The van der Waals surface area contributed by atoms with Gasteiger partial charge in [0.25, 0.3) is 5.91 Å². The largest absolute Gasteiger partial charge is 0.396 e. The molecule has 3 fully saturated rings. The predicted molar refractivity (Wildman–Crippen MR) is 98.5 cm³/mol. The molecule has 0 aromatic heterocycles. The summed E-state index contributed by atoms with van der Waals surface area (Å²) < 4.78 is 32.3. The molecule has 0 spiro atoms. The van der Waals surface area contributed by atoms with Gasteiger partial charge in [0.1, 0.15) is 0 Å². The lowest BCUT2D eigenvalue weighted by molar-refractivity contribution is -0.139. The fraction of sp³-hybridized carbons (Fsp3) is 0.500. The van der Waals surface area contributed by atoms with Gasteiger partial charge < -0.3 is 20.3 Å². The lowest BCUT2D eigenvalue weighted by Crippen LogP contribution is -2.65. The minimum atomic E-state index is -1.20. The van der Waals surface area contributed by atoms with E-state index in [2.05, 4.69) is 0 Å². The lowest BCUT2D eigenvalue weighted by Gasteiger charge is -2.51. The first-order valence-electron chi connectivity index (χ1n) is 9.55. The molecule has 1 aromatic rings. The minimum absolute atomic E-state index is 0.0308. The zero-order valence-electron chi connectivity index (χ0n) is 15.5. The van der Waals surface area contributed by atoms with Crippen molar-refractivity contribution in [1.29, 1.82) is 0 Å². The normalized spacial score (nSPS) is 24.3. The average molecular weight is 391 g/mol. The standard InChI is InChI=1S/C20H23F2N3O3/c21-16-4-3-15(19(23)18(16)22)20(27)25-11-13-1-2-14(25)10-24(13)17(26)9-12-5-7-28-8-6-12/h3-5,13-14H,1-2,6-11,23H2. The third-order valence-corrected chi connectivity index (χ3v) is 5.91. The van der Waals surface area contributed by atoms with Crippen LogP contribution in [0.5, 0.6) is 0 Å². The Bertz CT molecular complexity index is 842. The maximum atomic E-state index is 13.8. The molecule has 2 amide bonds. The molecule has 28 heavy (non-hydrogen) atoms. The molecule has 2 unspecified atom stereocenters. The molecule has 5 rings (SSSR count). The Morgan fingerprint density at radius 2 is 1.86 bits per heavy atom. The van der Waals surface area contributed by atoms with Gasteiger partial charge in [-0.05, 0) is 31.4 Å². The van der Waals surface area contributed by atoms with Crippen LogP contribution < -0.4 is 5.73 Å². The zero-order chi connectivity index (χ0) is 19.8. The summed E-state index contributed by atoms with van der Waals surface area (Å²) in [5, 5.41) is 0. The number of benzene rings is 1. The van der Waals surface area contributed by atoms with Gasteiger partial charge in [-0.15, -0.1) is 0 Å². The van der Waals surface area contributed by atoms with E-state index in [9.17, 15) is 18.4 Å². The molecule has 0 radical (unpaired) electrons. The molecule has 2 atom stereocenters. The zero-order valence-corrected chi connectivity index (χ0v) is 15.5. The molecule has 0 saturated carbocycles. The number of hydrogen-bond acceptors (Lipinski definition) is 4. The van der Waals surface area contributed by atoms with Crippen LogP contribution in [-0.2, 0) is 9.53 Å². The Kier molecular flexibility index (Phi) is 5.05. The molecule has 150 valence electrons. The molecule has 1 aromatic carbocycles. The number of carbonyl (C=O) groups is 2. The summed E-state index contributed by atoms with van der Waals surface area (Å²) in [4.78, 5) is 29.2. The molecule has 4 heterocycles. The number of anilines is 1. The number of fused-ring (bicyclic) bond motifs is 3. The van der Waals surface area contributed by atoms with E-state index in [1.165, 1.54) is 6.07 Å². The van der Waals surface area contributed by atoms with Crippen molar-refractivity contribution >= 4 is 17.5 Å². The van der Waals surface area contributed by atoms with E-state index in [1.807, 2.05) is 11.0 Å². The van der Waals surface area contributed by atoms with Crippen LogP contribution in [0, 0.1) is 11.6 Å². The van der Waals surface area contributed by atoms with Gasteiger partial charge in [-0.2, -0.15) is 0 Å². The highest BCUT2D eigenvalue weighted by molar-refractivity contribution is 5.99.